The second-order valence-corrected chi connectivity index (χ2v) is 3.68. The normalized spacial score (nSPS) is 10.3. The summed E-state index contributed by atoms with van der Waals surface area (Å²) < 4.78 is 10.1. The summed E-state index contributed by atoms with van der Waals surface area (Å²) in [4.78, 5) is 5.94. The molecule has 1 heterocycles. The Morgan fingerprint density at radius 2 is 2.12 bits per heavy atom. The van der Waals surface area contributed by atoms with Crippen LogP contribution in [0.15, 0.2) is 22.7 Å². The highest BCUT2D eigenvalue weighted by Crippen LogP contribution is 2.31. The van der Waals surface area contributed by atoms with Gasteiger partial charge in [0.05, 0.1) is 7.11 Å². The molecule has 2 rings (SSSR count). The van der Waals surface area contributed by atoms with E-state index in [2.05, 4.69) is 10.1 Å². The fourth-order valence-electron chi connectivity index (χ4n) is 1.33. The molecule has 0 fully saturated rings. The first-order valence-electron chi connectivity index (χ1n) is 5.00. The van der Waals surface area contributed by atoms with Crippen molar-refractivity contribution in [2.45, 2.75) is 0 Å². The van der Waals surface area contributed by atoms with Crippen molar-refractivity contribution < 1.29 is 14.4 Å². The van der Waals surface area contributed by atoms with Crippen LogP contribution in [-0.2, 0) is 0 Å². The number of methoxy groups -OCH3 is 1. The van der Waals surface area contributed by atoms with Crippen LogP contribution in [0.3, 0.4) is 0 Å². The Kier molecular flexibility index (Phi) is 2.86. The molecule has 0 bridgehead atoms. The van der Waals surface area contributed by atoms with E-state index in [0.29, 0.717) is 23.2 Å². The Morgan fingerprint density at radius 3 is 2.71 bits per heavy atom. The van der Waals surface area contributed by atoms with Gasteiger partial charge in [-0.2, -0.15) is 4.98 Å². The number of phenols is 1. The quantitative estimate of drug-likeness (QED) is 0.869. The van der Waals surface area contributed by atoms with E-state index in [4.69, 9.17) is 9.26 Å². The zero-order valence-electron chi connectivity index (χ0n) is 9.84. The summed E-state index contributed by atoms with van der Waals surface area (Å²) in [6, 6.07) is 4.85. The first-order valence-corrected chi connectivity index (χ1v) is 5.00. The number of aromatic nitrogens is 2. The highest BCUT2D eigenvalue weighted by atomic mass is 16.5. The average Bonchev–Trinajstić information content (AvgIpc) is 2.79. The van der Waals surface area contributed by atoms with E-state index in [1.807, 2.05) is 14.1 Å². The minimum Gasteiger partial charge on any atom is -0.504 e. The van der Waals surface area contributed by atoms with Gasteiger partial charge in [-0.15, -0.1) is 0 Å². The summed E-state index contributed by atoms with van der Waals surface area (Å²) in [5.41, 5.74) is 0.695. The van der Waals surface area contributed by atoms with Gasteiger partial charge in [0, 0.05) is 19.7 Å². The van der Waals surface area contributed by atoms with Gasteiger partial charge in [0.15, 0.2) is 11.5 Å². The first-order chi connectivity index (χ1) is 8.11. The fraction of sp³-hybridized carbons (Fsp3) is 0.273. The number of phenolic OH excluding ortho intramolecular Hbond substituents is 1. The van der Waals surface area contributed by atoms with Crippen molar-refractivity contribution in [2.75, 3.05) is 26.1 Å². The third-order valence-corrected chi connectivity index (χ3v) is 2.24. The molecule has 0 atom stereocenters. The van der Waals surface area contributed by atoms with Gasteiger partial charge >= 0.3 is 0 Å². The highest BCUT2D eigenvalue weighted by Gasteiger charge is 2.12. The molecule has 90 valence electrons. The van der Waals surface area contributed by atoms with Gasteiger partial charge in [-0.3, -0.25) is 0 Å². The van der Waals surface area contributed by atoms with Crippen LogP contribution < -0.4 is 9.64 Å². The topological polar surface area (TPSA) is 71.6 Å². The van der Waals surface area contributed by atoms with Gasteiger partial charge in [-0.25, -0.2) is 0 Å². The summed E-state index contributed by atoms with van der Waals surface area (Å²) in [5.74, 6) is 1.31. The summed E-state index contributed by atoms with van der Waals surface area (Å²) in [6.45, 7) is 0. The van der Waals surface area contributed by atoms with Gasteiger partial charge in [0.25, 0.3) is 11.8 Å². The summed E-state index contributed by atoms with van der Waals surface area (Å²) >= 11 is 0. The molecule has 0 spiro atoms. The molecule has 1 N–H and O–H groups in total. The second-order valence-electron chi connectivity index (χ2n) is 3.68. The van der Waals surface area contributed by atoms with Gasteiger partial charge in [-0.1, -0.05) is 0 Å². The van der Waals surface area contributed by atoms with E-state index in [-0.39, 0.29) is 5.75 Å². The highest BCUT2D eigenvalue weighted by molar-refractivity contribution is 5.60. The molecule has 0 aliphatic heterocycles. The van der Waals surface area contributed by atoms with Crippen molar-refractivity contribution in [3.8, 4) is 23.0 Å². The molecule has 1 aromatic carbocycles. The monoisotopic (exact) mass is 235 g/mol. The SMILES string of the molecule is COc1cc(-c2nc(N(C)C)no2)ccc1O. The molecule has 0 aliphatic carbocycles. The maximum atomic E-state index is 9.48. The van der Waals surface area contributed by atoms with Gasteiger partial charge in [0.2, 0.25) is 0 Å². The van der Waals surface area contributed by atoms with Crippen molar-refractivity contribution in [3.63, 3.8) is 0 Å². The third-order valence-electron chi connectivity index (χ3n) is 2.24. The molecule has 1 aromatic heterocycles. The minimum absolute atomic E-state index is 0.0728. The van der Waals surface area contributed by atoms with Gasteiger partial charge in [-0.05, 0) is 23.4 Å². The minimum atomic E-state index is 0.0728. The van der Waals surface area contributed by atoms with Crippen molar-refractivity contribution in [2.24, 2.45) is 0 Å². The lowest BCUT2D eigenvalue weighted by Gasteiger charge is -2.04. The summed E-state index contributed by atoms with van der Waals surface area (Å²) in [5, 5.41) is 13.3. The Morgan fingerprint density at radius 1 is 1.35 bits per heavy atom. The first kappa shape index (κ1) is 11.3. The predicted octanol–water partition coefficient (Wildman–Crippen LogP) is 1.52. The van der Waals surface area contributed by atoms with Crippen LogP contribution in [0.25, 0.3) is 11.5 Å². The lowest BCUT2D eigenvalue weighted by molar-refractivity contribution is 0.373. The van der Waals surface area contributed by atoms with Crippen LogP contribution in [0.4, 0.5) is 5.95 Å². The van der Waals surface area contributed by atoms with Crippen molar-refractivity contribution in [1.82, 2.24) is 10.1 Å². The van der Waals surface area contributed by atoms with Crippen molar-refractivity contribution >= 4 is 5.95 Å². The molecule has 6 nitrogen and oxygen atoms in total. The Hall–Kier alpha value is -2.24. The predicted molar refractivity (Wildman–Crippen MR) is 62.3 cm³/mol. The lowest BCUT2D eigenvalue weighted by Crippen LogP contribution is -2.09. The Balaban J connectivity index is 2.38. The maximum absolute atomic E-state index is 9.48. The number of rotatable bonds is 3. The molecule has 0 radical (unpaired) electrons. The second kappa shape index (κ2) is 4.32. The van der Waals surface area contributed by atoms with Crippen LogP contribution in [0.1, 0.15) is 0 Å². The molecule has 0 unspecified atom stereocenters. The number of hydrogen-bond donors (Lipinski definition) is 1. The molecule has 2 aromatic rings. The molecular formula is C11H13N3O3. The zero-order valence-corrected chi connectivity index (χ0v) is 9.84. The zero-order chi connectivity index (χ0) is 12.4. The number of anilines is 1. The molecular weight excluding hydrogens is 222 g/mol. The van der Waals surface area contributed by atoms with Crippen LogP contribution in [-0.4, -0.2) is 36.5 Å². The largest absolute Gasteiger partial charge is 0.504 e. The Bertz CT molecular complexity index is 522. The lowest BCUT2D eigenvalue weighted by atomic mass is 10.2. The fourth-order valence-corrected chi connectivity index (χ4v) is 1.33. The van der Waals surface area contributed by atoms with E-state index in [1.165, 1.54) is 13.2 Å². The van der Waals surface area contributed by atoms with E-state index < -0.39 is 0 Å². The Labute approximate surface area is 98.4 Å². The standard InChI is InChI=1S/C11H13N3O3/c1-14(2)11-12-10(17-13-11)7-4-5-8(15)9(6-7)16-3/h4-6,15H,1-3H3. The van der Waals surface area contributed by atoms with Crippen LogP contribution >= 0.6 is 0 Å². The van der Waals surface area contributed by atoms with Crippen molar-refractivity contribution in [3.05, 3.63) is 18.2 Å². The number of benzene rings is 1. The number of hydrogen-bond acceptors (Lipinski definition) is 6. The average molecular weight is 235 g/mol. The number of aromatic hydroxyl groups is 1. The molecule has 0 aliphatic rings. The van der Waals surface area contributed by atoms with Crippen molar-refractivity contribution in [1.29, 1.82) is 0 Å². The molecule has 17 heavy (non-hydrogen) atoms. The molecule has 0 saturated carbocycles. The smallest absolute Gasteiger partial charge is 0.265 e. The molecule has 0 saturated heterocycles. The number of ether oxygens (including phenoxy) is 1. The van der Waals surface area contributed by atoms with Crippen LogP contribution in [0, 0.1) is 0 Å². The molecule has 6 heteroatoms. The van der Waals surface area contributed by atoms with E-state index >= 15 is 0 Å². The summed E-state index contributed by atoms with van der Waals surface area (Å²) in [7, 11) is 5.13. The van der Waals surface area contributed by atoms with Gasteiger partial charge < -0.3 is 19.3 Å². The maximum Gasteiger partial charge on any atom is 0.265 e. The molecule has 0 amide bonds. The van der Waals surface area contributed by atoms with Crippen LogP contribution in [0.5, 0.6) is 11.5 Å². The van der Waals surface area contributed by atoms with E-state index in [1.54, 1.807) is 17.0 Å². The van der Waals surface area contributed by atoms with E-state index in [0.717, 1.165) is 0 Å². The van der Waals surface area contributed by atoms with E-state index in [9.17, 15) is 5.11 Å². The van der Waals surface area contributed by atoms with Gasteiger partial charge in [0.1, 0.15) is 0 Å². The van der Waals surface area contributed by atoms with Crippen LogP contribution in [0.2, 0.25) is 0 Å². The number of nitrogens with zero attached hydrogens (tertiary/aromatic N) is 3. The summed E-state index contributed by atoms with van der Waals surface area (Å²) in [6.07, 6.45) is 0. The third kappa shape index (κ3) is 2.15.